The molecule has 2 rings (SSSR count). The molecule has 0 spiro atoms. The van der Waals surface area contributed by atoms with E-state index in [1.54, 1.807) is 17.0 Å². The number of nitrogens with zero attached hydrogens (tertiary/aromatic N) is 1. The van der Waals surface area contributed by atoms with Gasteiger partial charge in [-0.3, -0.25) is 9.59 Å². The van der Waals surface area contributed by atoms with Gasteiger partial charge in [-0.05, 0) is 63.4 Å². The molecule has 0 radical (unpaired) electrons. The summed E-state index contributed by atoms with van der Waals surface area (Å²) in [5.74, 6) is 0.261. The zero-order valence-corrected chi connectivity index (χ0v) is 19.1. The second kappa shape index (κ2) is 11.0. The minimum Gasteiger partial charge on any atom is -0.483 e. The van der Waals surface area contributed by atoms with Crippen molar-refractivity contribution in [3.8, 4) is 5.75 Å². The summed E-state index contributed by atoms with van der Waals surface area (Å²) in [4.78, 5) is 27.5. The molecule has 2 amide bonds. The molecule has 1 N–H and O–H groups in total. The third-order valence-corrected chi connectivity index (χ3v) is 5.02. The van der Waals surface area contributed by atoms with E-state index < -0.39 is 6.04 Å². The van der Waals surface area contributed by atoms with E-state index in [0.29, 0.717) is 23.7 Å². The fraction of sp³-hybridized carbons (Fsp3) is 0.417. The predicted octanol–water partition coefficient (Wildman–Crippen LogP) is 4.67. The Balaban J connectivity index is 2.22. The molecular weight excluding hydrogens is 400 g/mol. The lowest BCUT2D eigenvalue weighted by Gasteiger charge is -2.31. The third-order valence-electron chi connectivity index (χ3n) is 4.76. The highest BCUT2D eigenvalue weighted by molar-refractivity contribution is 6.30. The highest BCUT2D eigenvalue weighted by Gasteiger charge is 2.29. The molecule has 0 unspecified atom stereocenters. The first kappa shape index (κ1) is 23.7. The Morgan fingerprint density at radius 2 is 1.77 bits per heavy atom. The average Bonchev–Trinajstić information content (AvgIpc) is 2.68. The number of rotatable bonds is 9. The van der Waals surface area contributed by atoms with Gasteiger partial charge in [-0.2, -0.15) is 0 Å². The van der Waals surface area contributed by atoms with E-state index in [9.17, 15) is 9.59 Å². The molecule has 2 aromatic rings. The Morgan fingerprint density at radius 1 is 1.10 bits per heavy atom. The van der Waals surface area contributed by atoms with Crippen LogP contribution in [0.25, 0.3) is 0 Å². The second-order valence-electron chi connectivity index (χ2n) is 7.79. The van der Waals surface area contributed by atoms with Gasteiger partial charge in [0, 0.05) is 17.6 Å². The molecule has 0 heterocycles. The van der Waals surface area contributed by atoms with Crippen molar-refractivity contribution >= 4 is 23.4 Å². The van der Waals surface area contributed by atoms with Gasteiger partial charge in [0.1, 0.15) is 11.8 Å². The van der Waals surface area contributed by atoms with E-state index in [2.05, 4.69) is 5.32 Å². The molecule has 0 saturated heterocycles. The summed E-state index contributed by atoms with van der Waals surface area (Å²) in [7, 11) is 0. The lowest BCUT2D eigenvalue weighted by molar-refractivity contribution is -0.143. The first-order chi connectivity index (χ1) is 14.2. The Kier molecular flexibility index (Phi) is 8.72. The van der Waals surface area contributed by atoms with Gasteiger partial charge in [0.15, 0.2) is 6.61 Å². The molecule has 0 bridgehead atoms. The maximum atomic E-state index is 13.2. The number of amides is 2. The number of carbonyl (C=O) groups is 2. The standard InChI is InChI=1S/C24H31ClN2O3/c1-6-21(24(29)26-16(2)3)27(14-19-8-10-20(25)11-9-19)23(28)15-30-22-12-7-17(4)13-18(22)5/h7-13,16,21H,6,14-15H2,1-5H3,(H,26,29)/t21-/m1/s1. The average molecular weight is 431 g/mol. The van der Waals surface area contributed by atoms with Crippen molar-refractivity contribution < 1.29 is 14.3 Å². The molecule has 2 aromatic carbocycles. The molecular formula is C24H31ClN2O3. The van der Waals surface area contributed by atoms with Crippen molar-refractivity contribution in [3.05, 3.63) is 64.2 Å². The van der Waals surface area contributed by atoms with Crippen LogP contribution < -0.4 is 10.1 Å². The highest BCUT2D eigenvalue weighted by Crippen LogP contribution is 2.20. The zero-order valence-electron chi connectivity index (χ0n) is 18.4. The van der Waals surface area contributed by atoms with Crippen LogP contribution in [0.15, 0.2) is 42.5 Å². The van der Waals surface area contributed by atoms with Gasteiger partial charge < -0.3 is 15.0 Å². The Hall–Kier alpha value is -2.53. The van der Waals surface area contributed by atoms with E-state index in [-0.39, 0.29) is 24.5 Å². The van der Waals surface area contributed by atoms with Gasteiger partial charge in [-0.25, -0.2) is 0 Å². The number of halogens is 1. The molecule has 6 heteroatoms. The molecule has 0 fully saturated rings. The van der Waals surface area contributed by atoms with Crippen molar-refractivity contribution in [2.24, 2.45) is 0 Å². The minimum absolute atomic E-state index is 0.00880. The Bertz CT molecular complexity index is 865. The summed E-state index contributed by atoms with van der Waals surface area (Å²) in [6, 6.07) is 12.5. The summed E-state index contributed by atoms with van der Waals surface area (Å²) < 4.78 is 5.80. The van der Waals surface area contributed by atoms with Gasteiger partial charge in [0.2, 0.25) is 5.91 Å². The fourth-order valence-electron chi connectivity index (χ4n) is 3.27. The van der Waals surface area contributed by atoms with Crippen molar-refractivity contribution in [2.45, 2.75) is 59.7 Å². The number of nitrogens with one attached hydrogen (secondary N) is 1. The summed E-state index contributed by atoms with van der Waals surface area (Å²) >= 11 is 5.99. The van der Waals surface area contributed by atoms with Crippen LogP contribution in [-0.4, -0.2) is 35.4 Å². The molecule has 0 aliphatic heterocycles. The van der Waals surface area contributed by atoms with E-state index in [1.165, 1.54) is 0 Å². The summed E-state index contributed by atoms with van der Waals surface area (Å²) in [5.41, 5.74) is 3.00. The van der Waals surface area contributed by atoms with Gasteiger partial charge in [0.05, 0.1) is 0 Å². The van der Waals surface area contributed by atoms with Crippen molar-refractivity contribution in [1.29, 1.82) is 0 Å². The van der Waals surface area contributed by atoms with E-state index in [1.807, 2.05) is 65.0 Å². The summed E-state index contributed by atoms with van der Waals surface area (Å²) in [6.07, 6.45) is 0.501. The van der Waals surface area contributed by atoms with Gasteiger partial charge in [-0.1, -0.05) is 48.4 Å². The van der Waals surface area contributed by atoms with Crippen LogP contribution >= 0.6 is 11.6 Å². The topological polar surface area (TPSA) is 58.6 Å². The van der Waals surface area contributed by atoms with Crippen molar-refractivity contribution in [2.75, 3.05) is 6.61 Å². The molecule has 5 nitrogen and oxygen atoms in total. The Morgan fingerprint density at radius 3 is 2.33 bits per heavy atom. The molecule has 0 aliphatic rings. The van der Waals surface area contributed by atoms with Crippen LogP contribution in [0, 0.1) is 13.8 Å². The zero-order chi connectivity index (χ0) is 22.3. The normalized spacial score (nSPS) is 11.8. The molecule has 0 aromatic heterocycles. The van der Waals surface area contributed by atoms with E-state index in [0.717, 1.165) is 16.7 Å². The number of carbonyl (C=O) groups excluding carboxylic acids is 2. The smallest absolute Gasteiger partial charge is 0.261 e. The summed E-state index contributed by atoms with van der Waals surface area (Å²) in [6.45, 7) is 9.83. The van der Waals surface area contributed by atoms with Crippen LogP contribution in [0.5, 0.6) is 5.75 Å². The number of hydrogen-bond acceptors (Lipinski definition) is 3. The SMILES string of the molecule is CC[C@H](C(=O)NC(C)C)N(Cc1ccc(Cl)cc1)C(=O)COc1ccc(C)cc1C. The van der Waals surface area contributed by atoms with Gasteiger partial charge in [-0.15, -0.1) is 0 Å². The third kappa shape index (κ3) is 6.77. The molecule has 1 atom stereocenters. The maximum absolute atomic E-state index is 13.2. The van der Waals surface area contributed by atoms with Gasteiger partial charge in [0.25, 0.3) is 5.91 Å². The molecule has 162 valence electrons. The van der Waals surface area contributed by atoms with Crippen LogP contribution in [0.1, 0.15) is 43.9 Å². The van der Waals surface area contributed by atoms with E-state index in [4.69, 9.17) is 16.3 Å². The first-order valence-electron chi connectivity index (χ1n) is 10.3. The first-order valence-corrected chi connectivity index (χ1v) is 10.6. The number of hydrogen-bond donors (Lipinski definition) is 1. The summed E-state index contributed by atoms with van der Waals surface area (Å²) in [5, 5.41) is 3.54. The predicted molar refractivity (Wildman–Crippen MR) is 121 cm³/mol. The lowest BCUT2D eigenvalue weighted by atomic mass is 10.1. The number of ether oxygens (including phenoxy) is 1. The fourth-order valence-corrected chi connectivity index (χ4v) is 3.40. The van der Waals surface area contributed by atoms with Crippen molar-refractivity contribution in [3.63, 3.8) is 0 Å². The quantitative estimate of drug-likeness (QED) is 0.629. The monoisotopic (exact) mass is 430 g/mol. The lowest BCUT2D eigenvalue weighted by Crippen LogP contribution is -2.51. The van der Waals surface area contributed by atoms with Gasteiger partial charge >= 0.3 is 0 Å². The van der Waals surface area contributed by atoms with Crippen LogP contribution in [0.2, 0.25) is 5.02 Å². The highest BCUT2D eigenvalue weighted by atomic mass is 35.5. The minimum atomic E-state index is -0.585. The molecule has 0 saturated carbocycles. The largest absolute Gasteiger partial charge is 0.483 e. The van der Waals surface area contributed by atoms with Crippen LogP contribution in [0.3, 0.4) is 0 Å². The Labute approximate surface area is 184 Å². The molecule has 30 heavy (non-hydrogen) atoms. The van der Waals surface area contributed by atoms with Crippen molar-refractivity contribution in [1.82, 2.24) is 10.2 Å². The molecule has 0 aliphatic carbocycles. The second-order valence-corrected chi connectivity index (χ2v) is 8.23. The number of benzene rings is 2. The number of aryl methyl sites for hydroxylation is 2. The van der Waals surface area contributed by atoms with Crippen LogP contribution in [-0.2, 0) is 16.1 Å². The van der Waals surface area contributed by atoms with E-state index >= 15 is 0 Å². The van der Waals surface area contributed by atoms with Crippen LogP contribution in [0.4, 0.5) is 0 Å². The maximum Gasteiger partial charge on any atom is 0.261 e.